The Morgan fingerprint density at radius 1 is 1.64 bits per heavy atom. The third-order valence-electron chi connectivity index (χ3n) is 1.79. The normalized spacial score (nSPS) is 10.3. The van der Waals surface area contributed by atoms with E-state index in [1.165, 1.54) is 0 Å². The Morgan fingerprint density at radius 2 is 2.36 bits per heavy atom. The highest BCUT2D eigenvalue weighted by atomic mass is 16.1. The molecule has 0 unspecified atom stereocenters. The first-order chi connectivity index (χ1) is 6.65. The number of hydrogen-bond donors (Lipinski definition) is 2. The second kappa shape index (κ2) is 4.72. The molecule has 0 fully saturated rings. The molecule has 0 atom stereocenters. The van der Waals surface area contributed by atoms with E-state index in [2.05, 4.69) is 10.3 Å². The first-order valence-electron chi connectivity index (χ1n) is 4.59. The van der Waals surface area contributed by atoms with Crippen LogP contribution >= 0.6 is 0 Å². The SMILES string of the molecule is CC(C)NC(=O)c1ccncc1CN. The van der Waals surface area contributed by atoms with Gasteiger partial charge in [-0.1, -0.05) is 0 Å². The smallest absolute Gasteiger partial charge is 0.251 e. The van der Waals surface area contributed by atoms with Crippen LogP contribution in [0.5, 0.6) is 0 Å². The Kier molecular flexibility index (Phi) is 3.59. The highest BCUT2D eigenvalue weighted by Gasteiger charge is 2.10. The third-order valence-corrected chi connectivity index (χ3v) is 1.79. The van der Waals surface area contributed by atoms with Crippen LogP contribution < -0.4 is 11.1 Å². The topological polar surface area (TPSA) is 68.0 Å². The molecule has 0 aliphatic heterocycles. The molecule has 0 aromatic carbocycles. The maximum Gasteiger partial charge on any atom is 0.251 e. The molecule has 1 aromatic heterocycles. The molecule has 0 bridgehead atoms. The van der Waals surface area contributed by atoms with Gasteiger partial charge in [-0.05, 0) is 25.5 Å². The van der Waals surface area contributed by atoms with Crippen molar-refractivity contribution in [2.45, 2.75) is 26.4 Å². The van der Waals surface area contributed by atoms with Gasteiger partial charge in [0.2, 0.25) is 0 Å². The van der Waals surface area contributed by atoms with Gasteiger partial charge in [-0.3, -0.25) is 9.78 Å². The number of hydrogen-bond acceptors (Lipinski definition) is 3. The van der Waals surface area contributed by atoms with Crippen molar-refractivity contribution >= 4 is 5.91 Å². The molecule has 76 valence electrons. The van der Waals surface area contributed by atoms with Gasteiger partial charge in [-0.25, -0.2) is 0 Å². The van der Waals surface area contributed by atoms with Gasteiger partial charge in [0.15, 0.2) is 0 Å². The fourth-order valence-corrected chi connectivity index (χ4v) is 1.15. The number of pyridine rings is 1. The zero-order valence-corrected chi connectivity index (χ0v) is 8.45. The van der Waals surface area contributed by atoms with E-state index < -0.39 is 0 Å². The number of nitrogens with zero attached hydrogens (tertiary/aromatic N) is 1. The Morgan fingerprint density at radius 3 is 2.93 bits per heavy atom. The van der Waals surface area contributed by atoms with Gasteiger partial charge in [0, 0.05) is 30.5 Å². The van der Waals surface area contributed by atoms with Crippen molar-refractivity contribution < 1.29 is 4.79 Å². The maximum absolute atomic E-state index is 11.6. The van der Waals surface area contributed by atoms with Gasteiger partial charge < -0.3 is 11.1 Å². The lowest BCUT2D eigenvalue weighted by Crippen LogP contribution is -2.31. The summed E-state index contributed by atoms with van der Waals surface area (Å²) in [5, 5.41) is 2.81. The van der Waals surface area contributed by atoms with Crippen LogP contribution in [0.25, 0.3) is 0 Å². The largest absolute Gasteiger partial charge is 0.350 e. The minimum atomic E-state index is -0.0946. The Bertz CT molecular complexity index is 323. The number of nitrogens with one attached hydrogen (secondary N) is 1. The number of aromatic nitrogens is 1. The predicted octanol–water partition coefficient (Wildman–Crippen LogP) is 0.679. The van der Waals surface area contributed by atoms with Crippen molar-refractivity contribution in [2.24, 2.45) is 5.73 Å². The van der Waals surface area contributed by atoms with Crippen LogP contribution in [0.3, 0.4) is 0 Å². The minimum Gasteiger partial charge on any atom is -0.350 e. The molecule has 0 radical (unpaired) electrons. The van der Waals surface area contributed by atoms with E-state index >= 15 is 0 Å². The van der Waals surface area contributed by atoms with Crippen molar-refractivity contribution in [3.63, 3.8) is 0 Å². The fraction of sp³-hybridized carbons (Fsp3) is 0.400. The summed E-state index contributed by atoms with van der Waals surface area (Å²) in [5.74, 6) is -0.0946. The fourth-order valence-electron chi connectivity index (χ4n) is 1.15. The number of carbonyl (C=O) groups is 1. The lowest BCUT2D eigenvalue weighted by Gasteiger charge is -2.10. The zero-order valence-electron chi connectivity index (χ0n) is 8.45. The van der Waals surface area contributed by atoms with Crippen molar-refractivity contribution in [1.82, 2.24) is 10.3 Å². The van der Waals surface area contributed by atoms with Gasteiger partial charge >= 0.3 is 0 Å². The average Bonchev–Trinajstić information content (AvgIpc) is 2.16. The van der Waals surface area contributed by atoms with Gasteiger partial charge in [-0.15, -0.1) is 0 Å². The van der Waals surface area contributed by atoms with Crippen LogP contribution in [0.4, 0.5) is 0 Å². The molecule has 1 heterocycles. The summed E-state index contributed by atoms with van der Waals surface area (Å²) in [6.07, 6.45) is 3.21. The van der Waals surface area contributed by atoms with E-state index in [-0.39, 0.29) is 11.9 Å². The summed E-state index contributed by atoms with van der Waals surface area (Å²) in [4.78, 5) is 15.6. The summed E-state index contributed by atoms with van der Waals surface area (Å²) in [6, 6.07) is 1.81. The highest BCUT2D eigenvalue weighted by Crippen LogP contribution is 2.05. The van der Waals surface area contributed by atoms with Crippen LogP contribution in [-0.4, -0.2) is 16.9 Å². The molecule has 1 rings (SSSR count). The van der Waals surface area contributed by atoms with Crippen LogP contribution in [-0.2, 0) is 6.54 Å². The quantitative estimate of drug-likeness (QED) is 0.741. The zero-order chi connectivity index (χ0) is 10.6. The summed E-state index contributed by atoms with van der Waals surface area (Å²) < 4.78 is 0. The van der Waals surface area contributed by atoms with E-state index in [4.69, 9.17) is 5.73 Å². The van der Waals surface area contributed by atoms with E-state index in [0.29, 0.717) is 12.1 Å². The average molecular weight is 193 g/mol. The standard InChI is InChI=1S/C10H15N3O/c1-7(2)13-10(14)9-3-4-12-6-8(9)5-11/h3-4,6-7H,5,11H2,1-2H3,(H,13,14). The number of carbonyl (C=O) groups excluding carboxylic acids is 1. The van der Waals surface area contributed by atoms with E-state index in [9.17, 15) is 4.79 Å². The molecule has 1 amide bonds. The Hall–Kier alpha value is -1.42. The van der Waals surface area contributed by atoms with E-state index in [1.807, 2.05) is 13.8 Å². The molecule has 4 nitrogen and oxygen atoms in total. The second-order valence-electron chi connectivity index (χ2n) is 3.37. The molecule has 0 aliphatic carbocycles. The summed E-state index contributed by atoms with van der Waals surface area (Å²) in [6.45, 7) is 4.16. The maximum atomic E-state index is 11.6. The van der Waals surface area contributed by atoms with Gasteiger partial charge in [0.05, 0.1) is 0 Å². The van der Waals surface area contributed by atoms with Crippen LogP contribution in [0.2, 0.25) is 0 Å². The van der Waals surface area contributed by atoms with Crippen molar-refractivity contribution in [2.75, 3.05) is 0 Å². The third kappa shape index (κ3) is 2.53. The first kappa shape index (κ1) is 10.7. The molecule has 3 N–H and O–H groups in total. The monoisotopic (exact) mass is 193 g/mol. The number of amides is 1. The number of nitrogens with two attached hydrogens (primary N) is 1. The van der Waals surface area contributed by atoms with Crippen LogP contribution in [0.15, 0.2) is 18.5 Å². The first-order valence-corrected chi connectivity index (χ1v) is 4.59. The van der Waals surface area contributed by atoms with Gasteiger partial charge in [0.1, 0.15) is 0 Å². The molecule has 1 aromatic rings. The molecular formula is C10H15N3O. The van der Waals surface area contributed by atoms with E-state index in [0.717, 1.165) is 5.56 Å². The minimum absolute atomic E-state index is 0.0946. The van der Waals surface area contributed by atoms with Gasteiger partial charge in [0.25, 0.3) is 5.91 Å². The molecular weight excluding hydrogens is 178 g/mol. The molecule has 4 heteroatoms. The lowest BCUT2D eigenvalue weighted by molar-refractivity contribution is 0.0942. The summed E-state index contributed by atoms with van der Waals surface area (Å²) >= 11 is 0. The molecule has 0 aliphatic rings. The van der Waals surface area contributed by atoms with Crippen molar-refractivity contribution in [1.29, 1.82) is 0 Å². The summed E-state index contributed by atoms with van der Waals surface area (Å²) in [7, 11) is 0. The van der Waals surface area contributed by atoms with E-state index in [1.54, 1.807) is 18.5 Å². The predicted molar refractivity (Wildman–Crippen MR) is 54.7 cm³/mol. The Labute approximate surface area is 83.5 Å². The lowest BCUT2D eigenvalue weighted by atomic mass is 10.1. The van der Waals surface area contributed by atoms with Crippen LogP contribution in [0, 0.1) is 0 Å². The van der Waals surface area contributed by atoms with Gasteiger partial charge in [-0.2, -0.15) is 0 Å². The van der Waals surface area contributed by atoms with Crippen LogP contribution in [0.1, 0.15) is 29.8 Å². The molecule has 0 spiro atoms. The highest BCUT2D eigenvalue weighted by molar-refractivity contribution is 5.95. The van der Waals surface area contributed by atoms with Crippen molar-refractivity contribution in [3.05, 3.63) is 29.6 Å². The Balaban J connectivity index is 2.88. The molecule has 14 heavy (non-hydrogen) atoms. The second-order valence-corrected chi connectivity index (χ2v) is 3.37. The molecule has 0 saturated carbocycles. The molecule has 0 saturated heterocycles. The van der Waals surface area contributed by atoms with Crippen molar-refractivity contribution in [3.8, 4) is 0 Å². The summed E-state index contributed by atoms with van der Waals surface area (Å²) in [5.41, 5.74) is 6.88. The number of rotatable bonds is 3.